The molecule has 0 unspecified atom stereocenters. The van der Waals surface area contributed by atoms with Gasteiger partial charge in [-0.2, -0.15) is 4.98 Å². The second-order valence-electron chi connectivity index (χ2n) is 7.88. The number of hydrogen-bond acceptors (Lipinski definition) is 5. The average molecular weight is 437 g/mol. The van der Waals surface area contributed by atoms with Crippen LogP contribution in [0.5, 0.6) is 5.75 Å². The molecule has 6 nitrogen and oxygen atoms in total. The normalized spacial score (nSPS) is 11.1. The zero-order valence-electron chi connectivity index (χ0n) is 18.7. The number of aryl methyl sites for hydroxylation is 2. The number of benzene rings is 3. The lowest BCUT2D eigenvalue weighted by atomic mass is 10.1. The molecule has 0 aliphatic carbocycles. The Hall–Kier alpha value is -4.19. The molecule has 0 N–H and O–H groups in total. The minimum Gasteiger partial charge on any atom is -0.493 e. The molecule has 5 aromatic rings. The van der Waals surface area contributed by atoms with Gasteiger partial charge in [-0.25, -0.2) is 0 Å². The molecule has 2 aromatic heterocycles. The molecule has 5 rings (SSSR count). The van der Waals surface area contributed by atoms with Crippen LogP contribution in [0.1, 0.15) is 18.1 Å². The van der Waals surface area contributed by atoms with Gasteiger partial charge in [-0.1, -0.05) is 41.6 Å². The molecule has 0 aliphatic rings. The van der Waals surface area contributed by atoms with Crippen molar-refractivity contribution in [2.24, 2.45) is 0 Å². The summed E-state index contributed by atoms with van der Waals surface area (Å²) in [7, 11) is 0. The third-order valence-electron chi connectivity index (χ3n) is 5.78. The first-order chi connectivity index (χ1) is 16.1. The van der Waals surface area contributed by atoms with E-state index in [1.165, 1.54) is 5.56 Å². The van der Waals surface area contributed by atoms with Crippen molar-refractivity contribution < 1.29 is 9.26 Å². The maximum Gasteiger partial charge on any atom is 0.262 e. The van der Waals surface area contributed by atoms with E-state index in [9.17, 15) is 4.79 Å². The molecule has 3 aromatic carbocycles. The van der Waals surface area contributed by atoms with Gasteiger partial charge in [0.1, 0.15) is 5.75 Å². The maximum atomic E-state index is 13.3. The lowest BCUT2D eigenvalue weighted by molar-refractivity contribution is 0.341. The van der Waals surface area contributed by atoms with Crippen LogP contribution in [0.2, 0.25) is 0 Å². The summed E-state index contributed by atoms with van der Waals surface area (Å²) in [6, 6.07) is 21.0. The lowest BCUT2D eigenvalue weighted by Crippen LogP contribution is -2.18. The van der Waals surface area contributed by atoms with Crippen molar-refractivity contribution in [2.75, 3.05) is 6.61 Å². The fraction of sp³-hybridized carbons (Fsp3) is 0.148. The number of nitrogens with zero attached hydrogens (tertiary/aromatic N) is 3. The fourth-order valence-corrected chi connectivity index (χ4v) is 3.90. The zero-order valence-corrected chi connectivity index (χ0v) is 18.7. The van der Waals surface area contributed by atoms with Crippen LogP contribution >= 0.6 is 0 Å². The van der Waals surface area contributed by atoms with E-state index in [-0.39, 0.29) is 5.56 Å². The van der Waals surface area contributed by atoms with E-state index in [2.05, 4.69) is 10.1 Å². The highest BCUT2D eigenvalue weighted by molar-refractivity contribution is 5.94. The Labute approximate surface area is 191 Å². The number of aromatic nitrogens is 3. The summed E-state index contributed by atoms with van der Waals surface area (Å²) in [6.07, 6.45) is 1.78. The minimum atomic E-state index is -0.0981. The van der Waals surface area contributed by atoms with E-state index >= 15 is 0 Å². The Bertz CT molecular complexity index is 1530. The van der Waals surface area contributed by atoms with Gasteiger partial charge < -0.3 is 9.26 Å². The standard InChI is InChI=1S/C27H23N3O3/c1-4-32-24-12-8-7-11-22(24)25-28-26(33-29-25)23-16-30(19-14-13-17(2)18(3)15-19)27(31)21-10-6-5-9-20(21)23/h5-16H,4H2,1-3H3. The Balaban J connectivity index is 1.70. The number of rotatable bonds is 5. The molecule has 0 saturated heterocycles. The summed E-state index contributed by atoms with van der Waals surface area (Å²) < 4.78 is 13.1. The van der Waals surface area contributed by atoms with Crippen LogP contribution in [0.4, 0.5) is 0 Å². The Morgan fingerprint density at radius 1 is 0.909 bits per heavy atom. The Morgan fingerprint density at radius 2 is 1.67 bits per heavy atom. The number of ether oxygens (including phenoxy) is 1. The Kier molecular flexibility index (Phi) is 5.26. The van der Waals surface area contributed by atoms with Gasteiger partial charge in [0.15, 0.2) is 0 Å². The van der Waals surface area contributed by atoms with Gasteiger partial charge in [0.05, 0.1) is 17.7 Å². The summed E-state index contributed by atoms with van der Waals surface area (Å²) in [4.78, 5) is 18.0. The summed E-state index contributed by atoms with van der Waals surface area (Å²) in [5, 5.41) is 5.56. The van der Waals surface area contributed by atoms with Crippen LogP contribution in [-0.2, 0) is 0 Å². The number of hydrogen-bond donors (Lipinski definition) is 0. The van der Waals surface area contributed by atoms with Crippen molar-refractivity contribution in [3.05, 3.63) is 94.4 Å². The summed E-state index contributed by atoms with van der Waals surface area (Å²) in [5.41, 5.74) is 4.41. The highest BCUT2D eigenvalue weighted by Gasteiger charge is 2.19. The monoisotopic (exact) mass is 437 g/mol. The molecule has 0 spiro atoms. The molecule has 2 heterocycles. The van der Waals surface area contributed by atoms with Crippen LogP contribution in [0.15, 0.2) is 82.2 Å². The Morgan fingerprint density at radius 3 is 2.45 bits per heavy atom. The van der Waals surface area contributed by atoms with Gasteiger partial charge in [0.2, 0.25) is 5.82 Å². The second-order valence-corrected chi connectivity index (χ2v) is 7.88. The summed E-state index contributed by atoms with van der Waals surface area (Å²) in [6.45, 7) is 6.55. The topological polar surface area (TPSA) is 70.2 Å². The van der Waals surface area contributed by atoms with E-state index < -0.39 is 0 Å². The second kappa shape index (κ2) is 8.39. The van der Waals surface area contributed by atoms with E-state index in [1.807, 2.05) is 87.5 Å². The summed E-state index contributed by atoms with van der Waals surface area (Å²) >= 11 is 0. The van der Waals surface area contributed by atoms with E-state index in [1.54, 1.807) is 10.8 Å². The van der Waals surface area contributed by atoms with Gasteiger partial charge in [-0.3, -0.25) is 9.36 Å². The van der Waals surface area contributed by atoms with E-state index in [0.717, 1.165) is 22.2 Å². The molecule has 0 amide bonds. The zero-order chi connectivity index (χ0) is 22.9. The molecular formula is C27H23N3O3. The van der Waals surface area contributed by atoms with Gasteiger partial charge >= 0.3 is 0 Å². The number of pyridine rings is 1. The third-order valence-corrected chi connectivity index (χ3v) is 5.78. The molecule has 0 saturated carbocycles. The predicted molar refractivity (Wildman–Crippen MR) is 129 cm³/mol. The first kappa shape index (κ1) is 20.7. The number of fused-ring (bicyclic) bond motifs is 1. The molecule has 6 heteroatoms. The van der Waals surface area contributed by atoms with Crippen molar-refractivity contribution in [3.63, 3.8) is 0 Å². The predicted octanol–water partition coefficient (Wildman–Crippen LogP) is 5.72. The lowest BCUT2D eigenvalue weighted by Gasteiger charge is -2.12. The van der Waals surface area contributed by atoms with Crippen molar-refractivity contribution >= 4 is 10.8 Å². The van der Waals surface area contributed by atoms with Gasteiger partial charge in [0, 0.05) is 22.7 Å². The van der Waals surface area contributed by atoms with E-state index in [0.29, 0.717) is 35.0 Å². The fourth-order valence-electron chi connectivity index (χ4n) is 3.90. The molecule has 0 atom stereocenters. The first-order valence-electron chi connectivity index (χ1n) is 10.8. The minimum absolute atomic E-state index is 0.0981. The van der Waals surface area contributed by atoms with E-state index in [4.69, 9.17) is 9.26 Å². The van der Waals surface area contributed by atoms with Crippen molar-refractivity contribution in [1.29, 1.82) is 0 Å². The highest BCUT2D eigenvalue weighted by Crippen LogP contribution is 2.32. The van der Waals surface area contributed by atoms with Gasteiger partial charge in [-0.15, -0.1) is 0 Å². The molecular weight excluding hydrogens is 414 g/mol. The molecule has 0 radical (unpaired) electrons. The summed E-state index contributed by atoms with van der Waals surface area (Å²) in [5.74, 6) is 1.46. The maximum absolute atomic E-state index is 13.3. The third kappa shape index (κ3) is 3.69. The van der Waals surface area contributed by atoms with Gasteiger partial charge in [-0.05, 0) is 62.2 Å². The average Bonchev–Trinajstić information content (AvgIpc) is 3.32. The van der Waals surface area contributed by atoms with Crippen molar-refractivity contribution in [2.45, 2.75) is 20.8 Å². The smallest absolute Gasteiger partial charge is 0.262 e. The largest absolute Gasteiger partial charge is 0.493 e. The quantitative estimate of drug-likeness (QED) is 0.352. The highest BCUT2D eigenvalue weighted by atomic mass is 16.5. The van der Waals surface area contributed by atoms with Crippen LogP contribution in [0.25, 0.3) is 39.3 Å². The van der Waals surface area contributed by atoms with Crippen LogP contribution in [0, 0.1) is 13.8 Å². The SMILES string of the molecule is CCOc1ccccc1-c1noc(-c2cn(-c3ccc(C)c(C)c3)c(=O)c3ccccc23)n1. The molecule has 0 fully saturated rings. The van der Waals surface area contributed by atoms with Gasteiger partial charge in [0.25, 0.3) is 11.4 Å². The number of para-hydroxylation sites is 1. The van der Waals surface area contributed by atoms with Crippen LogP contribution < -0.4 is 10.3 Å². The first-order valence-corrected chi connectivity index (χ1v) is 10.8. The molecule has 0 bridgehead atoms. The van der Waals surface area contributed by atoms with Crippen LogP contribution in [0.3, 0.4) is 0 Å². The molecule has 164 valence electrons. The van der Waals surface area contributed by atoms with Crippen LogP contribution in [-0.4, -0.2) is 21.3 Å². The van der Waals surface area contributed by atoms with Crippen molar-refractivity contribution in [3.8, 4) is 34.3 Å². The van der Waals surface area contributed by atoms with Crippen molar-refractivity contribution in [1.82, 2.24) is 14.7 Å². The molecule has 33 heavy (non-hydrogen) atoms. The molecule has 0 aliphatic heterocycles.